The van der Waals surface area contributed by atoms with Gasteiger partial charge in [-0.3, -0.25) is 0 Å². The Morgan fingerprint density at radius 3 is 2.75 bits per heavy atom. The largest absolute Gasteiger partial charge is 0.378 e. The van der Waals surface area contributed by atoms with Crippen molar-refractivity contribution in [1.82, 2.24) is 19.2 Å². The number of piperidine rings is 1. The molecule has 7 nitrogen and oxygen atoms in total. The maximum atomic E-state index is 12.7. The highest BCUT2D eigenvalue weighted by Gasteiger charge is 2.30. The minimum absolute atomic E-state index is 0.116. The molecule has 1 unspecified atom stereocenters. The molecule has 24 heavy (non-hydrogen) atoms. The Hall–Kier alpha value is -1.41. The van der Waals surface area contributed by atoms with Crippen LogP contribution in [0, 0.1) is 0 Å². The van der Waals surface area contributed by atoms with Gasteiger partial charge >= 0.3 is 6.03 Å². The normalized spacial score (nSPS) is 22.1. The standard InChI is InChI=1S/C16H27N5O2S/c1-12(2)14-17-15(24-18-14)21-6-4-5-13(11-21)19(3)16(22)20-7-9-23-10-8-20/h12-13H,4-11H2,1-3H3. The Balaban J connectivity index is 1.62. The van der Waals surface area contributed by atoms with Gasteiger partial charge in [-0.1, -0.05) is 13.8 Å². The smallest absolute Gasteiger partial charge is 0.320 e. The predicted octanol–water partition coefficient (Wildman–Crippen LogP) is 2.01. The Labute approximate surface area is 147 Å². The van der Waals surface area contributed by atoms with Crippen LogP contribution in [0.25, 0.3) is 0 Å². The van der Waals surface area contributed by atoms with Crippen LogP contribution in [0.1, 0.15) is 38.4 Å². The maximum absolute atomic E-state index is 12.7. The number of carbonyl (C=O) groups excluding carboxylic acids is 1. The van der Waals surface area contributed by atoms with Gasteiger partial charge in [-0.05, 0) is 12.8 Å². The van der Waals surface area contributed by atoms with Gasteiger partial charge in [0, 0.05) is 50.7 Å². The van der Waals surface area contributed by atoms with Gasteiger partial charge in [-0.15, -0.1) is 0 Å². The van der Waals surface area contributed by atoms with E-state index in [9.17, 15) is 4.79 Å². The van der Waals surface area contributed by atoms with Crippen LogP contribution >= 0.6 is 11.5 Å². The van der Waals surface area contributed by atoms with Crippen LogP contribution < -0.4 is 4.90 Å². The van der Waals surface area contributed by atoms with E-state index < -0.39 is 0 Å². The molecule has 2 aliphatic heterocycles. The summed E-state index contributed by atoms with van der Waals surface area (Å²) < 4.78 is 9.79. The first kappa shape index (κ1) is 17.4. The summed E-state index contributed by atoms with van der Waals surface area (Å²) in [5.74, 6) is 1.26. The molecule has 2 fully saturated rings. The van der Waals surface area contributed by atoms with Crippen molar-refractivity contribution in [2.75, 3.05) is 51.3 Å². The van der Waals surface area contributed by atoms with Crippen LogP contribution in [0.2, 0.25) is 0 Å². The van der Waals surface area contributed by atoms with Gasteiger partial charge in [0.25, 0.3) is 0 Å². The zero-order chi connectivity index (χ0) is 17.1. The second kappa shape index (κ2) is 7.65. The van der Waals surface area contributed by atoms with Gasteiger partial charge in [0.2, 0.25) is 5.13 Å². The highest BCUT2D eigenvalue weighted by molar-refractivity contribution is 7.09. The molecule has 8 heteroatoms. The third-order valence-corrected chi connectivity index (χ3v) is 5.54. The number of amides is 2. The number of aromatic nitrogens is 2. The molecule has 3 heterocycles. The molecule has 0 N–H and O–H groups in total. The molecule has 2 aliphatic rings. The van der Waals surface area contributed by atoms with Gasteiger partial charge in [0.15, 0.2) is 0 Å². The second-order valence-corrected chi connectivity index (χ2v) is 7.56. The lowest BCUT2D eigenvalue weighted by molar-refractivity contribution is 0.0414. The monoisotopic (exact) mass is 353 g/mol. The van der Waals surface area contributed by atoms with Crippen LogP contribution in [0.15, 0.2) is 0 Å². The number of carbonyl (C=O) groups is 1. The highest BCUT2D eigenvalue weighted by atomic mass is 32.1. The first-order chi connectivity index (χ1) is 11.6. The number of ether oxygens (including phenoxy) is 1. The van der Waals surface area contributed by atoms with Crippen molar-refractivity contribution in [3.63, 3.8) is 0 Å². The average Bonchev–Trinajstić information content (AvgIpc) is 3.12. The lowest BCUT2D eigenvalue weighted by Crippen LogP contribution is -2.54. The van der Waals surface area contributed by atoms with Crippen molar-refractivity contribution >= 4 is 22.7 Å². The summed E-state index contributed by atoms with van der Waals surface area (Å²) in [7, 11) is 1.92. The minimum Gasteiger partial charge on any atom is -0.378 e. The lowest BCUT2D eigenvalue weighted by atomic mass is 10.1. The summed E-state index contributed by atoms with van der Waals surface area (Å²) in [5, 5.41) is 0.982. The average molecular weight is 353 g/mol. The van der Waals surface area contributed by atoms with Crippen molar-refractivity contribution in [3.05, 3.63) is 5.82 Å². The number of likely N-dealkylation sites (N-methyl/N-ethyl adjacent to an activating group) is 1. The van der Waals surface area contributed by atoms with Crippen LogP contribution in [0.5, 0.6) is 0 Å². The zero-order valence-corrected chi connectivity index (χ0v) is 15.6. The number of nitrogens with zero attached hydrogens (tertiary/aromatic N) is 5. The molecule has 0 bridgehead atoms. The molecule has 134 valence electrons. The van der Waals surface area contributed by atoms with E-state index in [0.717, 1.165) is 36.9 Å². The molecule has 2 amide bonds. The van der Waals surface area contributed by atoms with Crippen molar-refractivity contribution in [2.45, 2.75) is 38.6 Å². The van der Waals surface area contributed by atoms with Crippen molar-refractivity contribution in [3.8, 4) is 0 Å². The Kier molecular flexibility index (Phi) is 5.55. The Morgan fingerprint density at radius 1 is 1.33 bits per heavy atom. The summed E-state index contributed by atoms with van der Waals surface area (Å²) in [6.07, 6.45) is 2.11. The molecule has 1 aromatic heterocycles. The van der Waals surface area contributed by atoms with E-state index in [0.29, 0.717) is 32.2 Å². The maximum Gasteiger partial charge on any atom is 0.320 e. The summed E-state index contributed by atoms with van der Waals surface area (Å²) in [4.78, 5) is 23.4. The van der Waals surface area contributed by atoms with E-state index in [4.69, 9.17) is 4.74 Å². The highest BCUT2D eigenvalue weighted by Crippen LogP contribution is 2.26. The van der Waals surface area contributed by atoms with Crippen LogP contribution in [0.4, 0.5) is 9.93 Å². The molecule has 0 aromatic carbocycles. The number of urea groups is 1. The summed E-state index contributed by atoms with van der Waals surface area (Å²) >= 11 is 1.47. The van der Waals surface area contributed by atoms with Gasteiger partial charge in [-0.2, -0.15) is 4.37 Å². The van der Waals surface area contributed by atoms with E-state index >= 15 is 0 Å². The van der Waals surface area contributed by atoms with Crippen LogP contribution in [-0.4, -0.2) is 77.7 Å². The zero-order valence-electron chi connectivity index (χ0n) is 14.8. The topological polar surface area (TPSA) is 61.8 Å². The van der Waals surface area contributed by atoms with E-state index in [-0.39, 0.29) is 12.1 Å². The molecule has 2 saturated heterocycles. The molecule has 0 aliphatic carbocycles. The van der Waals surface area contributed by atoms with Gasteiger partial charge in [0.05, 0.1) is 19.3 Å². The van der Waals surface area contributed by atoms with E-state index in [1.807, 2.05) is 16.8 Å². The summed E-state index contributed by atoms with van der Waals surface area (Å²) in [6, 6.07) is 0.339. The SMILES string of the molecule is CC(C)c1nsc(N2CCCC(N(C)C(=O)N3CCOCC3)C2)n1. The third kappa shape index (κ3) is 3.80. The van der Waals surface area contributed by atoms with E-state index in [1.54, 1.807) is 0 Å². The molecular weight excluding hydrogens is 326 g/mol. The Morgan fingerprint density at radius 2 is 2.08 bits per heavy atom. The second-order valence-electron chi connectivity index (χ2n) is 6.82. The van der Waals surface area contributed by atoms with Crippen LogP contribution in [-0.2, 0) is 4.74 Å². The van der Waals surface area contributed by atoms with Gasteiger partial charge in [0.1, 0.15) is 5.82 Å². The first-order valence-electron chi connectivity index (χ1n) is 8.74. The third-order valence-electron chi connectivity index (χ3n) is 4.75. The first-order valence-corrected chi connectivity index (χ1v) is 9.51. The minimum atomic E-state index is 0.116. The van der Waals surface area contributed by atoms with E-state index in [2.05, 4.69) is 28.1 Å². The lowest BCUT2D eigenvalue weighted by Gasteiger charge is -2.40. The number of rotatable bonds is 3. The predicted molar refractivity (Wildman–Crippen MR) is 94.8 cm³/mol. The number of morpholine rings is 1. The fraction of sp³-hybridized carbons (Fsp3) is 0.812. The molecule has 1 atom stereocenters. The van der Waals surface area contributed by atoms with Crippen molar-refractivity contribution in [2.24, 2.45) is 0 Å². The number of hydrogen-bond acceptors (Lipinski definition) is 6. The fourth-order valence-electron chi connectivity index (χ4n) is 3.17. The van der Waals surface area contributed by atoms with Gasteiger partial charge in [-0.25, -0.2) is 9.78 Å². The molecule has 3 rings (SSSR count). The Bertz CT molecular complexity index is 558. The van der Waals surface area contributed by atoms with Crippen LogP contribution in [0.3, 0.4) is 0 Å². The van der Waals surface area contributed by atoms with Gasteiger partial charge < -0.3 is 19.4 Å². The summed E-state index contributed by atoms with van der Waals surface area (Å²) in [5.41, 5.74) is 0. The summed E-state index contributed by atoms with van der Waals surface area (Å²) in [6.45, 7) is 8.70. The number of anilines is 1. The quantitative estimate of drug-likeness (QED) is 0.832. The molecule has 0 saturated carbocycles. The molecule has 0 radical (unpaired) electrons. The molecule has 0 spiro atoms. The fourth-order valence-corrected chi connectivity index (χ4v) is 4.01. The van der Waals surface area contributed by atoms with Crippen molar-refractivity contribution in [1.29, 1.82) is 0 Å². The van der Waals surface area contributed by atoms with Crippen molar-refractivity contribution < 1.29 is 9.53 Å². The molecule has 1 aromatic rings. The number of hydrogen-bond donors (Lipinski definition) is 0. The van der Waals surface area contributed by atoms with E-state index in [1.165, 1.54) is 11.5 Å². The molecular formula is C16H27N5O2S.